The van der Waals surface area contributed by atoms with Crippen molar-refractivity contribution in [2.45, 2.75) is 131 Å². The lowest BCUT2D eigenvalue weighted by Crippen LogP contribution is -2.58. The van der Waals surface area contributed by atoms with E-state index in [1.165, 1.54) is 5.38 Å². The Hall–Kier alpha value is -5.96. The zero-order valence-electron chi connectivity index (χ0n) is 38.5. The van der Waals surface area contributed by atoms with Crippen molar-refractivity contribution in [3.8, 4) is 16.9 Å². The summed E-state index contributed by atoms with van der Waals surface area (Å²) in [5.74, 6) is -1.92. The van der Waals surface area contributed by atoms with E-state index in [4.69, 9.17) is 28.5 Å². The number of aliphatic hydroxyl groups excluding tert-OH is 1. The van der Waals surface area contributed by atoms with Gasteiger partial charge in [-0.25, -0.2) is 29.0 Å². The second-order valence-electron chi connectivity index (χ2n) is 19.1. The van der Waals surface area contributed by atoms with E-state index < -0.39 is 71.1 Å². The van der Waals surface area contributed by atoms with Crippen LogP contribution in [-0.2, 0) is 46.5 Å². The lowest BCUT2D eigenvalue weighted by molar-refractivity contribution is -0.782. The fourth-order valence-corrected chi connectivity index (χ4v) is 6.44. The predicted octanol–water partition coefficient (Wildman–Crippen LogP) is 5.59. The van der Waals surface area contributed by atoms with Crippen molar-refractivity contribution in [2.24, 2.45) is 11.1 Å². The first-order valence-electron chi connectivity index (χ1n) is 20.6. The van der Waals surface area contributed by atoms with E-state index in [1.54, 1.807) is 91.5 Å². The largest absolute Gasteiger partial charge is 0.489 e. The molecule has 1 fully saturated rings. The molecule has 1 saturated heterocycles. The number of aliphatic hydroxyl groups is 1. The molecule has 4 N–H and O–H groups in total. The fraction of sp³-hybridized carbons (Fsp3) is 0.581. The Kier molecular flexibility index (Phi) is 16.4. The molecular weight excluding hydrogens is 855 g/mol. The van der Waals surface area contributed by atoms with Crippen LogP contribution in [0.5, 0.6) is 5.75 Å². The Morgan fingerprint density at radius 3 is 2.03 bits per heavy atom. The van der Waals surface area contributed by atoms with E-state index in [-0.39, 0.29) is 35.9 Å². The summed E-state index contributed by atoms with van der Waals surface area (Å²) >= 11 is 0.934. The summed E-state index contributed by atoms with van der Waals surface area (Å²) in [6.45, 7) is 21.9. The molecule has 20 nitrogen and oxygen atoms in total. The average Bonchev–Trinajstić information content (AvgIpc) is 3.73. The van der Waals surface area contributed by atoms with E-state index in [1.807, 2.05) is 42.5 Å². The standard InChI is InChI=1S/C43H61N7O13S/c1-40(2,3)59-35(54)32(63-47-33(34(52)53)31-25-64-36(45-31)46-38(56)61-42(7,8)9)24-58-30-15-13-27(14-16-30)28-21-49(20-26-18-48(19-26)39(57)62-43(10,11)12)50(22-28)23-29(51)17-44-37(55)60-41(4,5)6/h13-16,21-22,25-26,29,32,51H,17-20,23-24H2,1-12H3,(H2-,44,45,46,52,53,55,56)/p+1/b47-33-. The molecule has 1 aliphatic rings. The average molecular weight is 917 g/mol. The number of carbonyl (C=O) groups excluding carboxylic acids is 4. The number of carbonyl (C=O) groups is 5. The molecule has 1 aromatic carbocycles. The van der Waals surface area contributed by atoms with E-state index in [9.17, 15) is 34.2 Å². The predicted molar refractivity (Wildman–Crippen MR) is 234 cm³/mol. The molecule has 0 spiro atoms. The van der Waals surface area contributed by atoms with Gasteiger partial charge in [0.05, 0.1) is 23.8 Å². The lowest BCUT2D eigenvalue weighted by Gasteiger charge is -2.38. The number of hydrogen-bond donors (Lipinski definition) is 4. The molecule has 3 aromatic rings. The van der Waals surface area contributed by atoms with E-state index >= 15 is 0 Å². The van der Waals surface area contributed by atoms with Gasteiger partial charge in [-0.05, 0) is 101 Å². The van der Waals surface area contributed by atoms with Crippen LogP contribution in [0.25, 0.3) is 11.1 Å². The molecule has 3 amide bonds. The number of thiazole rings is 1. The Bertz CT molecular complexity index is 2110. The number of rotatable bonds is 16. The third-order valence-electron chi connectivity index (χ3n) is 8.33. The second-order valence-corrected chi connectivity index (χ2v) is 20.0. The van der Waals surface area contributed by atoms with Gasteiger partial charge in [-0.3, -0.25) is 5.32 Å². The molecule has 0 saturated carbocycles. The first kappa shape index (κ1) is 50.7. The number of hydrogen-bond acceptors (Lipinski definition) is 15. The Morgan fingerprint density at radius 2 is 1.45 bits per heavy atom. The lowest BCUT2D eigenvalue weighted by atomic mass is 10.0. The summed E-state index contributed by atoms with van der Waals surface area (Å²) in [5, 5.41) is 31.1. The van der Waals surface area contributed by atoms with Crippen LogP contribution in [0.3, 0.4) is 0 Å². The number of oxime groups is 1. The van der Waals surface area contributed by atoms with Gasteiger partial charge in [-0.2, -0.15) is 4.68 Å². The van der Waals surface area contributed by atoms with Crippen molar-refractivity contribution in [2.75, 3.05) is 31.6 Å². The number of esters is 1. The molecule has 0 aliphatic carbocycles. The maximum absolute atomic E-state index is 13.2. The molecule has 2 atom stereocenters. The first-order chi connectivity index (χ1) is 29.5. The third-order valence-corrected chi connectivity index (χ3v) is 9.08. The van der Waals surface area contributed by atoms with Gasteiger partial charge in [-0.15, -0.1) is 16.0 Å². The highest BCUT2D eigenvalue weighted by molar-refractivity contribution is 7.14. The first-order valence-corrected chi connectivity index (χ1v) is 21.5. The molecule has 64 heavy (non-hydrogen) atoms. The summed E-state index contributed by atoms with van der Waals surface area (Å²) in [7, 11) is 0. The van der Waals surface area contributed by atoms with Crippen LogP contribution in [0.15, 0.2) is 47.2 Å². The minimum Gasteiger partial charge on any atom is -0.489 e. The number of nitrogens with zero attached hydrogens (tertiary/aromatic N) is 5. The van der Waals surface area contributed by atoms with Crippen LogP contribution in [0.2, 0.25) is 0 Å². The van der Waals surface area contributed by atoms with Gasteiger partial charge in [0, 0.05) is 25.0 Å². The van der Waals surface area contributed by atoms with Gasteiger partial charge in [0.2, 0.25) is 11.9 Å². The Labute approximate surface area is 376 Å². The molecule has 352 valence electrons. The zero-order chi connectivity index (χ0) is 47.8. The topological polar surface area (TPSA) is 243 Å². The summed E-state index contributed by atoms with van der Waals surface area (Å²) in [4.78, 5) is 73.7. The number of carboxylic acids is 1. The van der Waals surface area contributed by atoms with Crippen LogP contribution in [-0.4, -0.2) is 122 Å². The zero-order valence-corrected chi connectivity index (χ0v) is 39.4. The summed E-state index contributed by atoms with van der Waals surface area (Å²) in [6.07, 6.45) is -0.496. The minimum atomic E-state index is -1.51. The van der Waals surface area contributed by atoms with Crippen molar-refractivity contribution < 1.29 is 67.4 Å². The number of likely N-dealkylation sites (tertiary alicyclic amines) is 1. The molecule has 3 heterocycles. The molecule has 0 radical (unpaired) electrons. The maximum atomic E-state index is 13.2. The third kappa shape index (κ3) is 17.0. The molecule has 2 aromatic heterocycles. The quantitative estimate of drug-likeness (QED) is 0.0450. The van der Waals surface area contributed by atoms with Crippen LogP contribution < -0.4 is 20.1 Å². The number of aromatic nitrogens is 3. The number of aliphatic carboxylic acids is 1. The van der Waals surface area contributed by atoms with Gasteiger partial charge in [-0.1, -0.05) is 17.3 Å². The van der Waals surface area contributed by atoms with Gasteiger partial charge >= 0.3 is 30.2 Å². The van der Waals surface area contributed by atoms with Crippen molar-refractivity contribution in [1.82, 2.24) is 19.9 Å². The SMILES string of the molecule is CC(C)(C)OC(=O)NCC(O)Cn1cc(-c2ccc(OCC(O/N=C(\C(=O)O)c3csc(NC(=O)OC(C)(C)C)n3)C(=O)OC(C)(C)C)cc2)c[n+]1CC1CN(C(=O)OC(C)(C)C)C1. The van der Waals surface area contributed by atoms with Gasteiger partial charge in [0.15, 0.2) is 11.7 Å². The Balaban J connectivity index is 1.49. The van der Waals surface area contributed by atoms with Crippen LogP contribution >= 0.6 is 11.3 Å². The number of anilines is 1. The monoisotopic (exact) mass is 916 g/mol. The smallest absolute Gasteiger partial charge is 0.413 e. The molecule has 1 aliphatic heterocycles. The summed E-state index contributed by atoms with van der Waals surface area (Å²) < 4.78 is 31.2. The van der Waals surface area contributed by atoms with Gasteiger partial charge in [0.25, 0.3) is 6.10 Å². The number of alkyl carbamates (subject to hydrolysis) is 1. The minimum absolute atomic E-state index is 0.0511. The van der Waals surface area contributed by atoms with Crippen LogP contribution in [0.4, 0.5) is 19.5 Å². The van der Waals surface area contributed by atoms with Crippen LogP contribution in [0, 0.1) is 5.92 Å². The van der Waals surface area contributed by atoms with Crippen LogP contribution in [0.1, 0.15) is 88.8 Å². The van der Waals surface area contributed by atoms with Crippen molar-refractivity contribution in [3.63, 3.8) is 0 Å². The Morgan fingerprint density at radius 1 is 0.859 bits per heavy atom. The highest BCUT2D eigenvalue weighted by atomic mass is 32.1. The van der Waals surface area contributed by atoms with E-state index in [0.29, 0.717) is 25.4 Å². The number of ether oxygens (including phenoxy) is 5. The van der Waals surface area contributed by atoms with E-state index in [2.05, 4.69) is 20.8 Å². The number of benzene rings is 1. The number of carboxylic acid groups (broad SMARTS) is 1. The summed E-state index contributed by atoms with van der Waals surface area (Å²) in [6, 6.07) is 6.94. The van der Waals surface area contributed by atoms with E-state index in [0.717, 1.165) is 22.5 Å². The highest BCUT2D eigenvalue weighted by Crippen LogP contribution is 2.25. The fourth-order valence-electron chi connectivity index (χ4n) is 5.76. The second kappa shape index (κ2) is 20.7. The normalized spacial score (nSPS) is 14.7. The summed E-state index contributed by atoms with van der Waals surface area (Å²) in [5.41, 5.74) is -2.21. The molecule has 4 rings (SSSR count). The number of nitrogens with one attached hydrogen (secondary N) is 2. The van der Waals surface area contributed by atoms with Crippen molar-refractivity contribution in [3.05, 3.63) is 47.7 Å². The maximum Gasteiger partial charge on any atom is 0.413 e. The molecular formula is C43H62N7O13S+. The molecule has 0 bridgehead atoms. The van der Waals surface area contributed by atoms with Gasteiger partial charge < -0.3 is 49.0 Å². The van der Waals surface area contributed by atoms with Crippen molar-refractivity contribution >= 4 is 52.4 Å². The van der Waals surface area contributed by atoms with Crippen molar-refractivity contribution in [1.29, 1.82) is 0 Å². The van der Waals surface area contributed by atoms with Gasteiger partial charge in [0.1, 0.15) is 47.0 Å². The number of amides is 3. The molecule has 2 unspecified atom stereocenters. The highest BCUT2D eigenvalue weighted by Gasteiger charge is 2.37. The molecule has 21 heteroatoms.